The average Bonchev–Trinajstić information content (AvgIpc) is 2.50. The number of rotatable bonds is 4. The van der Waals surface area contributed by atoms with Gasteiger partial charge >= 0.3 is 0 Å². The van der Waals surface area contributed by atoms with Crippen LogP contribution in [0.2, 0.25) is 0 Å². The quantitative estimate of drug-likeness (QED) is 0.601. The predicted molar refractivity (Wildman–Crippen MR) is 46.5 cm³/mol. The molecule has 1 aromatic heterocycles. The average molecular weight is 150 g/mol. The summed E-state index contributed by atoms with van der Waals surface area (Å²) >= 11 is 0. The summed E-state index contributed by atoms with van der Waals surface area (Å²) in [7, 11) is 0. The number of furan rings is 1. The Hall–Kier alpha value is -0.980. The number of hydrogen-bond acceptors (Lipinski definition) is 1. The Morgan fingerprint density at radius 2 is 2.36 bits per heavy atom. The summed E-state index contributed by atoms with van der Waals surface area (Å²) in [5, 5.41) is 0. The zero-order valence-corrected chi connectivity index (χ0v) is 6.92. The molecule has 0 aliphatic rings. The first-order chi connectivity index (χ1) is 5.43. The van der Waals surface area contributed by atoms with E-state index >= 15 is 0 Å². The molecular weight excluding hydrogens is 136 g/mol. The summed E-state index contributed by atoms with van der Waals surface area (Å²) in [6.45, 7) is 2.15. The summed E-state index contributed by atoms with van der Waals surface area (Å²) < 4.78 is 4.95. The van der Waals surface area contributed by atoms with Gasteiger partial charge < -0.3 is 4.42 Å². The van der Waals surface area contributed by atoms with E-state index in [0.29, 0.717) is 0 Å². The van der Waals surface area contributed by atoms with Gasteiger partial charge in [-0.05, 0) is 30.9 Å². The van der Waals surface area contributed by atoms with E-state index in [0.717, 1.165) is 19.3 Å². The molecule has 0 bridgehead atoms. The molecule has 0 saturated heterocycles. The minimum absolute atomic E-state index is 1.09. The molecule has 1 aromatic rings. The van der Waals surface area contributed by atoms with Crippen molar-refractivity contribution in [1.29, 1.82) is 0 Å². The van der Waals surface area contributed by atoms with Crippen LogP contribution in [0.25, 0.3) is 0 Å². The normalized spacial score (nSPS) is 11.0. The topological polar surface area (TPSA) is 13.1 Å². The Morgan fingerprint density at radius 3 is 3.00 bits per heavy atom. The van der Waals surface area contributed by atoms with E-state index in [1.165, 1.54) is 5.56 Å². The summed E-state index contributed by atoms with van der Waals surface area (Å²) in [6, 6.07) is 2.01. The lowest BCUT2D eigenvalue weighted by Gasteiger charge is -1.88. The lowest BCUT2D eigenvalue weighted by molar-refractivity contribution is 0.564. The molecule has 0 radical (unpaired) electrons. The zero-order chi connectivity index (χ0) is 7.94. The molecule has 0 aromatic carbocycles. The fourth-order valence-electron chi connectivity index (χ4n) is 0.969. The molecule has 11 heavy (non-hydrogen) atoms. The molecule has 0 amide bonds. The van der Waals surface area contributed by atoms with Gasteiger partial charge in [0.15, 0.2) is 0 Å². The highest BCUT2D eigenvalue weighted by molar-refractivity contribution is 5.06. The van der Waals surface area contributed by atoms with Crippen molar-refractivity contribution in [2.24, 2.45) is 0 Å². The zero-order valence-electron chi connectivity index (χ0n) is 6.92. The van der Waals surface area contributed by atoms with Gasteiger partial charge in [-0.15, -0.1) is 0 Å². The van der Waals surface area contributed by atoms with Gasteiger partial charge in [0.2, 0.25) is 0 Å². The summed E-state index contributed by atoms with van der Waals surface area (Å²) in [4.78, 5) is 0. The van der Waals surface area contributed by atoms with Crippen molar-refractivity contribution in [3.05, 3.63) is 36.3 Å². The van der Waals surface area contributed by atoms with E-state index in [4.69, 9.17) is 4.42 Å². The van der Waals surface area contributed by atoms with E-state index < -0.39 is 0 Å². The highest BCUT2D eigenvalue weighted by Crippen LogP contribution is 2.03. The van der Waals surface area contributed by atoms with Crippen LogP contribution >= 0.6 is 0 Å². The van der Waals surface area contributed by atoms with Crippen molar-refractivity contribution in [2.75, 3.05) is 0 Å². The summed E-state index contributed by atoms with van der Waals surface area (Å²) in [5.74, 6) is 0. The predicted octanol–water partition coefficient (Wildman–Crippen LogP) is 3.18. The summed E-state index contributed by atoms with van der Waals surface area (Å²) in [5.41, 5.74) is 1.28. The highest BCUT2D eigenvalue weighted by Gasteiger charge is 1.89. The number of hydrogen-bond donors (Lipinski definition) is 0. The molecule has 0 saturated carbocycles. The Bertz CT molecular complexity index is 197. The van der Waals surface area contributed by atoms with Gasteiger partial charge in [-0.1, -0.05) is 19.1 Å². The lowest BCUT2D eigenvalue weighted by Crippen LogP contribution is -1.76. The molecule has 0 aliphatic heterocycles. The van der Waals surface area contributed by atoms with E-state index in [-0.39, 0.29) is 0 Å². The van der Waals surface area contributed by atoms with Gasteiger partial charge in [0.1, 0.15) is 0 Å². The molecule has 1 rings (SSSR count). The maximum absolute atomic E-state index is 4.95. The number of allylic oxidation sites excluding steroid dienone is 2. The first-order valence-corrected chi connectivity index (χ1v) is 4.09. The molecule has 0 aliphatic carbocycles. The standard InChI is InChI=1S/C10H14O/c1-2-3-4-5-6-10-7-8-11-9-10/h3-4,7-9H,2,5-6H2,1H3/b4-3-. The van der Waals surface area contributed by atoms with Crippen molar-refractivity contribution in [1.82, 2.24) is 0 Å². The Kier molecular flexibility index (Phi) is 3.53. The monoisotopic (exact) mass is 150 g/mol. The van der Waals surface area contributed by atoms with Crippen molar-refractivity contribution in [2.45, 2.75) is 26.2 Å². The van der Waals surface area contributed by atoms with E-state index in [2.05, 4.69) is 19.1 Å². The van der Waals surface area contributed by atoms with Crippen molar-refractivity contribution >= 4 is 0 Å². The molecule has 0 fully saturated rings. The van der Waals surface area contributed by atoms with Gasteiger partial charge in [0.25, 0.3) is 0 Å². The molecular formula is C10H14O. The molecule has 60 valence electrons. The van der Waals surface area contributed by atoms with Gasteiger partial charge in [0, 0.05) is 0 Å². The van der Waals surface area contributed by atoms with Crippen LogP contribution in [0.5, 0.6) is 0 Å². The van der Waals surface area contributed by atoms with Crippen LogP contribution in [0.4, 0.5) is 0 Å². The van der Waals surface area contributed by atoms with Gasteiger partial charge in [-0.25, -0.2) is 0 Å². The first kappa shape index (κ1) is 8.12. The van der Waals surface area contributed by atoms with Crippen molar-refractivity contribution < 1.29 is 4.42 Å². The molecule has 1 nitrogen and oxygen atoms in total. The van der Waals surface area contributed by atoms with E-state index in [9.17, 15) is 0 Å². The molecule has 0 N–H and O–H groups in total. The molecule has 0 unspecified atom stereocenters. The fourth-order valence-corrected chi connectivity index (χ4v) is 0.969. The number of aryl methyl sites for hydroxylation is 1. The third kappa shape index (κ3) is 3.08. The van der Waals surface area contributed by atoms with Crippen LogP contribution in [0.15, 0.2) is 35.2 Å². The SMILES string of the molecule is CC/C=C\CCc1ccoc1. The third-order valence-corrected chi connectivity index (χ3v) is 1.58. The van der Waals surface area contributed by atoms with Crippen LogP contribution in [0.3, 0.4) is 0 Å². The minimum Gasteiger partial charge on any atom is -0.472 e. The maximum Gasteiger partial charge on any atom is 0.0934 e. The maximum atomic E-state index is 4.95. The highest BCUT2D eigenvalue weighted by atomic mass is 16.3. The van der Waals surface area contributed by atoms with Crippen LogP contribution < -0.4 is 0 Å². The van der Waals surface area contributed by atoms with Crippen molar-refractivity contribution in [3.8, 4) is 0 Å². The smallest absolute Gasteiger partial charge is 0.0934 e. The molecule has 0 atom stereocenters. The minimum atomic E-state index is 1.09. The largest absolute Gasteiger partial charge is 0.472 e. The van der Waals surface area contributed by atoms with E-state index in [1.807, 2.05) is 6.07 Å². The van der Waals surface area contributed by atoms with Crippen LogP contribution in [0.1, 0.15) is 25.3 Å². The van der Waals surface area contributed by atoms with Gasteiger partial charge in [-0.2, -0.15) is 0 Å². The molecule has 1 heterocycles. The van der Waals surface area contributed by atoms with Gasteiger partial charge in [0.05, 0.1) is 12.5 Å². The van der Waals surface area contributed by atoms with E-state index in [1.54, 1.807) is 12.5 Å². The van der Waals surface area contributed by atoms with Gasteiger partial charge in [-0.3, -0.25) is 0 Å². The van der Waals surface area contributed by atoms with Crippen LogP contribution in [-0.4, -0.2) is 0 Å². The Morgan fingerprint density at radius 1 is 1.45 bits per heavy atom. The Balaban J connectivity index is 2.19. The van der Waals surface area contributed by atoms with Crippen LogP contribution in [-0.2, 0) is 6.42 Å². The fraction of sp³-hybridized carbons (Fsp3) is 0.400. The second-order valence-electron chi connectivity index (χ2n) is 2.55. The Labute approximate surface area is 67.7 Å². The first-order valence-electron chi connectivity index (χ1n) is 4.09. The van der Waals surface area contributed by atoms with Crippen LogP contribution in [0, 0.1) is 0 Å². The molecule has 0 spiro atoms. The lowest BCUT2D eigenvalue weighted by atomic mass is 10.2. The van der Waals surface area contributed by atoms with Crippen molar-refractivity contribution in [3.63, 3.8) is 0 Å². The molecule has 1 heteroatoms. The third-order valence-electron chi connectivity index (χ3n) is 1.58. The summed E-state index contributed by atoms with van der Waals surface area (Å²) in [6.07, 6.45) is 11.3. The second kappa shape index (κ2) is 4.78. The second-order valence-corrected chi connectivity index (χ2v) is 2.55.